The van der Waals surface area contributed by atoms with Crippen LogP contribution in [0.2, 0.25) is 0 Å². The first-order valence-electron chi connectivity index (χ1n) is 8.56. The predicted octanol–water partition coefficient (Wildman–Crippen LogP) is 1.94. The molecule has 1 aromatic carbocycles. The van der Waals surface area contributed by atoms with Gasteiger partial charge in [0.2, 0.25) is 11.7 Å². The summed E-state index contributed by atoms with van der Waals surface area (Å²) >= 11 is 0. The maximum Gasteiger partial charge on any atom is 0.291 e. The maximum absolute atomic E-state index is 13.3. The highest BCUT2D eigenvalue weighted by molar-refractivity contribution is 5.90. The number of nitrogens with one attached hydrogen (secondary N) is 1. The molecule has 1 saturated heterocycles. The molecule has 9 heteroatoms. The monoisotopic (exact) mass is 368 g/mol. The highest BCUT2D eigenvalue weighted by Gasteiger charge is 2.28. The van der Waals surface area contributed by atoms with Gasteiger partial charge in [0.1, 0.15) is 12.1 Å². The average Bonchev–Trinajstić information content (AvgIpc) is 3.38. The molecule has 1 atom stereocenters. The van der Waals surface area contributed by atoms with E-state index in [1.54, 1.807) is 29.2 Å². The number of H-pyrrole nitrogens is 1. The Bertz CT molecular complexity index is 916. The molecular formula is C18H17FN6O2. The van der Waals surface area contributed by atoms with E-state index in [1.165, 1.54) is 18.5 Å². The van der Waals surface area contributed by atoms with Gasteiger partial charge in [-0.05, 0) is 24.6 Å². The topological polar surface area (TPSA) is 96.9 Å². The Morgan fingerprint density at radius 1 is 1.30 bits per heavy atom. The van der Waals surface area contributed by atoms with Crippen LogP contribution in [0.3, 0.4) is 0 Å². The number of ether oxygens (including phenoxy) is 1. The molecule has 0 aliphatic carbocycles. The third kappa shape index (κ3) is 3.91. The highest BCUT2D eigenvalue weighted by Crippen LogP contribution is 2.21. The van der Waals surface area contributed by atoms with Gasteiger partial charge in [0.25, 0.3) is 5.91 Å². The highest BCUT2D eigenvalue weighted by atomic mass is 19.1. The molecule has 27 heavy (non-hydrogen) atoms. The molecule has 3 heterocycles. The Morgan fingerprint density at radius 3 is 2.96 bits per heavy atom. The van der Waals surface area contributed by atoms with E-state index in [2.05, 4.69) is 25.4 Å². The first-order valence-corrected chi connectivity index (χ1v) is 8.56. The van der Waals surface area contributed by atoms with Gasteiger partial charge in [0.15, 0.2) is 0 Å². The first kappa shape index (κ1) is 17.1. The lowest BCUT2D eigenvalue weighted by Crippen LogP contribution is -2.30. The van der Waals surface area contributed by atoms with E-state index in [9.17, 15) is 9.18 Å². The van der Waals surface area contributed by atoms with Gasteiger partial charge in [-0.3, -0.25) is 9.89 Å². The maximum atomic E-state index is 13.3. The van der Waals surface area contributed by atoms with Crippen LogP contribution in [0.4, 0.5) is 4.39 Å². The third-order valence-corrected chi connectivity index (χ3v) is 4.42. The molecule has 3 aromatic rings. The van der Waals surface area contributed by atoms with Gasteiger partial charge in [-0.2, -0.15) is 5.10 Å². The molecule has 1 aliphatic rings. The number of halogens is 1. The van der Waals surface area contributed by atoms with Gasteiger partial charge < -0.3 is 9.64 Å². The van der Waals surface area contributed by atoms with Crippen LogP contribution >= 0.6 is 0 Å². The largest absolute Gasteiger partial charge is 0.476 e. The van der Waals surface area contributed by atoms with Crippen LogP contribution in [0.25, 0.3) is 11.3 Å². The zero-order chi connectivity index (χ0) is 18.6. The second kappa shape index (κ2) is 7.48. The van der Waals surface area contributed by atoms with Crippen molar-refractivity contribution in [2.45, 2.75) is 6.42 Å². The minimum atomic E-state index is -0.319. The zero-order valence-electron chi connectivity index (χ0n) is 14.4. The Hall–Kier alpha value is -3.36. The number of aromatic nitrogens is 5. The van der Waals surface area contributed by atoms with Gasteiger partial charge in [-0.15, -0.1) is 10.2 Å². The van der Waals surface area contributed by atoms with Gasteiger partial charge in [-0.1, -0.05) is 12.1 Å². The van der Waals surface area contributed by atoms with Crippen molar-refractivity contribution < 1.29 is 13.9 Å². The summed E-state index contributed by atoms with van der Waals surface area (Å²) in [6, 6.07) is 9.63. The zero-order valence-corrected chi connectivity index (χ0v) is 14.4. The SMILES string of the molecule is O=C(c1ncn[nH]1)N1CCC(COc2ccc(-c3cccc(F)c3)nn2)C1. The summed E-state index contributed by atoms with van der Waals surface area (Å²) in [7, 11) is 0. The minimum absolute atomic E-state index is 0.158. The molecule has 1 unspecified atom stereocenters. The molecule has 2 aromatic heterocycles. The summed E-state index contributed by atoms with van der Waals surface area (Å²) in [6.45, 7) is 1.68. The van der Waals surface area contributed by atoms with Gasteiger partial charge in [0, 0.05) is 30.6 Å². The standard InChI is InChI=1S/C18H17FN6O2/c19-14-3-1-2-13(8-14)15-4-5-16(23-22-15)27-10-12-6-7-25(9-12)18(26)17-20-11-21-24-17/h1-5,8,11-12H,6-7,9-10H2,(H,20,21,24). The van der Waals surface area contributed by atoms with E-state index >= 15 is 0 Å². The summed E-state index contributed by atoms with van der Waals surface area (Å²) in [5.41, 5.74) is 1.23. The van der Waals surface area contributed by atoms with Crippen molar-refractivity contribution >= 4 is 5.91 Å². The second-order valence-corrected chi connectivity index (χ2v) is 6.32. The number of rotatable bonds is 5. The van der Waals surface area contributed by atoms with E-state index in [-0.39, 0.29) is 23.5 Å². The van der Waals surface area contributed by atoms with Crippen molar-refractivity contribution in [3.05, 3.63) is 54.4 Å². The van der Waals surface area contributed by atoms with Gasteiger partial charge >= 0.3 is 0 Å². The number of carbonyl (C=O) groups is 1. The van der Waals surface area contributed by atoms with Crippen LogP contribution in [0.15, 0.2) is 42.7 Å². The van der Waals surface area contributed by atoms with Crippen LogP contribution in [-0.2, 0) is 0 Å². The third-order valence-electron chi connectivity index (χ3n) is 4.42. The van der Waals surface area contributed by atoms with Crippen LogP contribution in [-0.4, -0.2) is 55.9 Å². The molecule has 8 nitrogen and oxygen atoms in total. The Morgan fingerprint density at radius 2 is 2.22 bits per heavy atom. The number of nitrogens with zero attached hydrogens (tertiary/aromatic N) is 5. The lowest BCUT2D eigenvalue weighted by atomic mass is 10.1. The fraction of sp³-hybridized carbons (Fsp3) is 0.278. The molecule has 1 amide bonds. The molecule has 0 bridgehead atoms. The number of carbonyl (C=O) groups excluding carboxylic acids is 1. The van der Waals surface area contributed by atoms with Crippen LogP contribution in [0, 0.1) is 11.7 Å². The fourth-order valence-electron chi connectivity index (χ4n) is 3.01. The second-order valence-electron chi connectivity index (χ2n) is 6.32. The van der Waals surface area contributed by atoms with E-state index in [1.807, 2.05) is 0 Å². The van der Waals surface area contributed by atoms with Crippen molar-refractivity contribution in [3.8, 4) is 17.1 Å². The van der Waals surface area contributed by atoms with Crippen molar-refractivity contribution in [2.75, 3.05) is 19.7 Å². The smallest absolute Gasteiger partial charge is 0.291 e. The molecule has 1 aliphatic heterocycles. The van der Waals surface area contributed by atoms with Crippen molar-refractivity contribution in [3.63, 3.8) is 0 Å². The van der Waals surface area contributed by atoms with Crippen LogP contribution in [0.1, 0.15) is 17.0 Å². The van der Waals surface area contributed by atoms with Crippen molar-refractivity contribution in [2.24, 2.45) is 5.92 Å². The van der Waals surface area contributed by atoms with E-state index in [4.69, 9.17) is 4.74 Å². The summed E-state index contributed by atoms with van der Waals surface area (Å²) in [6.07, 6.45) is 2.16. The number of benzene rings is 1. The predicted molar refractivity (Wildman–Crippen MR) is 93.3 cm³/mol. The van der Waals surface area contributed by atoms with E-state index in [0.29, 0.717) is 36.8 Å². The number of likely N-dealkylation sites (tertiary alicyclic amines) is 1. The lowest BCUT2D eigenvalue weighted by molar-refractivity contribution is 0.0771. The number of amides is 1. The van der Waals surface area contributed by atoms with E-state index in [0.717, 1.165) is 6.42 Å². The minimum Gasteiger partial charge on any atom is -0.476 e. The Labute approximate surface area is 154 Å². The molecule has 0 radical (unpaired) electrons. The fourth-order valence-corrected chi connectivity index (χ4v) is 3.01. The molecule has 4 rings (SSSR count). The van der Waals surface area contributed by atoms with Gasteiger partial charge in [0.05, 0.1) is 12.3 Å². The molecular weight excluding hydrogens is 351 g/mol. The summed E-state index contributed by atoms with van der Waals surface area (Å²) in [5, 5.41) is 14.4. The van der Waals surface area contributed by atoms with Crippen LogP contribution < -0.4 is 4.74 Å². The molecule has 138 valence electrons. The van der Waals surface area contributed by atoms with Crippen molar-refractivity contribution in [1.29, 1.82) is 0 Å². The summed E-state index contributed by atoms with van der Waals surface area (Å²) in [5.74, 6) is 0.377. The quantitative estimate of drug-likeness (QED) is 0.739. The Balaban J connectivity index is 1.31. The number of hydrogen-bond donors (Lipinski definition) is 1. The molecule has 0 saturated carbocycles. The average molecular weight is 368 g/mol. The number of hydrogen-bond acceptors (Lipinski definition) is 6. The van der Waals surface area contributed by atoms with Crippen LogP contribution in [0.5, 0.6) is 5.88 Å². The summed E-state index contributed by atoms with van der Waals surface area (Å²) in [4.78, 5) is 17.8. The van der Waals surface area contributed by atoms with Gasteiger partial charge in [-0.25, -0.2) is 9.37 Å². The molecule has 1 fully saturated rings. The molecule has 0 spiro atoms. The Kier molecular flexibility index (Phi) is 4.73. The number of aromatic amines is 1. The van der Waals surface area contributed by atoms with E-state index < -0.39 is 0 Å². The lowest BCUT2D eigenvalue weighted by Gasteiger charge is -2.15. The summed E-state index contributed by atoms with van der Waals surface area (Å²) < 4.78 is 19.0. The van der Waals surface area contributed by atoms with Crippen molar-refractivity contribution in [1.82, 2.24) is 30.3 Å². The first-order chi connectivity index (χ1) is 13.2. The molecule has 1 N–H and O–H groups in total. The normalized spacial score (nSPS) is 16.5.